The van der Waals surface area contributed by atoms with Crippen LogP contribution in [0.5, 0.6) is 0 Å². The standard InChI is InChI=1S/C19H16N4O3/c24-19(10-9-16-6-1-2-8-18(16)23(25)26)21-17-7-3-5-15(13-17)14-22-12-4-11-20-22/h1-13H,14H2,(H,21,24)/b10-9+. The van der Waals surface area contributed by atoms with E-state index in [-0.39, 0.29) is 11.6 Å². The van der Waals surface area contributed by atoms with E-state index in [0.29, 0.717) is 17.8 Å². The van der Waals surface area contributed by atoms with Crippen molar-refractivity contribution in [1.82, 2.24) is 9.78 Å². The first kappa shape index (κ1) is 17.1. The van der Waals surface area contributed by atoms with E-state index in [1.165, 1.54) is 18.2 Å². The summed E-state index contributed by atoms with van der Waals surface area (Å²) < 4.78 is 1.79. The molecule has 1 N–H and O–H groups in total. The van der Waals surface area contributed by atoms with Crippen LogP contribution < -0.4 is 5.32 Å². The van der Waals surface area contributed by atoms with Gasteiger partial charge in [0.25, 0.3) is 5.69 Å². The fraction of sp³-hybridized carbons (Fsp3) is 0.0526. The number of carbonyl (C=O) groups excluding carboxylic acids is 1. The normalized spacial score (nSPS) is 10.8. The summed E-state index contributed by atoms with van der Waals surface area (Å²) in [5.41, 5.74) is 1.97. The molecule has 0 aliphatic carbocycles. The largest absolute Gasteiger partial charge is 0.323 e. The maximum absolute atomic E-state index is 12.1. The van der Waals surface area contributed by atoms with Crippen molar-refractivity contribution in [3.8, 4) is 0 Å². The maximum Gasteiger partial charge on any atom is 0.276 e. The molecule has 7 nitrogen and oxygen atoms in total. The molecule has 0 aliphatic rings. The molecule has 130 valence electrons. The topological polar surface area (TPSA) is 90.1 Å². The summed E-state index contributed by atoms with van der Waals surface area (Å²) in [6.45, 7) is 0.600. The van der Waals surface area contributed by atoms with Gasteiger partial charge in [-0.3, -0.25) is 19.6 Å². The van der Waals surface area contributed by atoms with Crippen LogP contribution in [0, 0.1) is 10.1 Å². The molecular formula is C19H16N4O3. The van der Waals surface area contributed by atoms with Gasteiger partial charge >= 0.3 is 0 Å². The van der Waals surface area contributed by atoms with Crippen molar-refractivity contribution in [2.24, 2.45) is 0 Å². The molecule has 0 unspecified atom stereocenters. The number of amides is 1. The Bertz CT molecular complexity index is 949. The minimum Gasteiger partial charge on any atom is -0.323 e. The molecule has 1 heterocycles. The van der Waals surface area contributed by atoms with Gasteiger partial charge in [-0.1, -0.05) is 24.3 Å². The number of hydrogen-bond donors (Lipinski definition) is 1. The van der Waals surface area contributed by atoms with Crippen molar-refractivity contribution in [1.29, 1.82) is 0 Å². The van der Waals surface area contributed by atoms with Crippen molar-refractivity contribution >= 4 is 23.4 Å². The molecule has 3 rings (SSSR count). The Morgan fingerprint density at radius 2 is 2.04 bits per heavy atom. The molecule has 0 fully saturated rings. The van der Waals surface area contributed by atoms with Gasteiger partial charge in [0.15, 0.2) is 0 Å². The number of rotatable bonds is 6. The Morgan fingerprint density at radius 1 is 1.19 bits per heavy atom. The fourth-order valence-corrected chi connectivity index (χ4v) is 2.47. The van der Waals surface area contributed by atoms with E-state index in [2.05, 4.69) is 10.4 Å². The van der Waals surface area contributed by atoms with Crippen molar-refractivity contribution in [2.45, 2.75) is 6.54 Å². The smallest absolute Gasteiger partial charge is 0.276 e. The molecule has 7 heteroatoms. The second-order valence-corrected chi connectivity index (χ2v) is 5.54. The second kappa shape index (κ2) is 7.89. The number of hydrogen-bond acceptors (Lipinski definition) is 4. The van der Waals surface area contributed by atoms with E-state index < -0.39 is 4.92 Å². The van der Waals surface area contributed by atoms with E-state index in [1.54, 1.807) is 35.1 Å². The fourth-order valence-electron chi connectivity index (χ4n) is 2.47. The monoisotopic (exact) mass is 348 g/mol. The van der Waals surface area contributed by atoms with Crippen LogP contribution in [-0.2, 0) is 11.3 Å². The average molecular weight is 348 g/mol. The molecule has 0 aliphatic heterocycles. The summed E-state index contributed by atoms with van der Waals surface area (Å²) >= 11 is 0. The lowest BCUT2D eigenvalue weighted by Gasteiger charge is -2.06. The summed E-state index contributed by atoms with van der Waals surface area (Å²) in [5, 5.41) is 17.9. The molecule has 1 aromatic heterocycles. The number of nitro benzene ring substituents is 1. The van der Waals surface area contributed by atoms with Gasteiger partial charge in [0.2, 0.25) is 5.91 Å². The van der Waals surface area contributed by atoms with Crippen LogP contribution in [0.15, 0.2) is 73.1 Å². The molecule has 3 aromatic rings. The molecule has 0 spiro atoms. The lowest BCUT2D eigenvalue weighted by Crippen LogP contribution is -2.08. The highest BCUT2D eigenvalue weighted by Crippen LogP contribution is 2.19. The highest BCUT2D eigenvalue weighted by atomic mass is 16.6. The second-order valence-electron chi connectivity index (χ2n) is 5.54. The number of nitrogens with one attached hydrogen (secondary N) is 1. The Labute approximate surface area is 149 Å². The summed E-state index contributed by atoms with van der Waals surface area (Å²) in [4.78, 5) is 22.6. The van der Waals surface area contributed by atoms with Gasteiger partial charge in [0.1, 0.15) is 0 Å². The molecule has 0 saturated heterocycles. The first-order valence-corrected chi connectivity index (χ1v) is 7.91. The highest BCUT2D eigenvalue weighted by Gasteiger charge is 2.09. The first-order valence-electron chi connectivity index (χ1n) is 7.91. The lowest BCUT2D eigenvalue weighted by molar-refractivity contribution is -0.385. The third-order valence-corrected chi connectivity index (χ3v) is 3.65. The van der Waals surface area contributed by atoms with Crippen molar-refractivity contribution in [2.75, 3.05) is 5.32 Å². The molecule has 26 heavy (non-hydrogen) atoms. The van der Waals surface area contributed by atoms with Crippen molar-refractivity contribution in [3.63, 3.8) is 0 Å². The SMILES string of the molecule is O=C(/C=C/c1ccccc1[N+](=O)[O-])Nc1cccc(Cn2cccn2)c1. The Kier molecular flexibility index (Phi) is 5.19. The number of nitrogens with zero attached hydrogens (tertiary/aromatic N) is 3. The van der Waals surface area contributed by atoms with Crippen LogP contribution in [0.2, 0.25) is 0 Å². The minimum absolute atomic E-state index is 0.0437. The zero-order valence-corrected chi connectivity index (χ0v) is 13.8. The van der Waals surface area contributed by atoms with Crippen molar-refractivity contribution < 1.29 is 9.72 Å². The van der Waals surface area contributed by atoms with Gasteiger partial charge in [-0.2, -0.15) is 5.10 Å². The molecule has 0 bridgehead atoms. The quantitative estimate of drug-likeness (QED) is 0.419. The highest BCUT2D eigenvalue weighted by molar-refractivity contribution is 6.02. The van der Waals surface area contributed by atoms with Gasteiger partial charge < -0.3 is 5.32 Å². The molecule has 2 aromatic carbocycles. The zero-order valence-electron chi connectivity index (χ0n) is 13.8. The van der Waals surface area contributed by atoms with Crippen LogP contribution in [0.1, 0.15) is 11.1 Å². The van der Waals surface area contributed by atoms with E-state index in [4.69, 9.17) is 0 Å². The van der Waals surface area contributed by atoms with Crippen LogP contribution >= 0.6 is 0 Å². The Balaban J connectivity index is 1.68. The molecule has 0 saturated carbocycles. The molecule has 0 radical (unpaired) electrons. The van der Waals surface area contributed by atoms with Gasteiger partial charge in [0.05, 0.1) is 17.0 Å². The molecular weight excluding hydrogens is 332 g/mol. The molecule has 1 amide bonds. The maximum atomic E-state index is 12.1. The van der Waals surface area contributed by atoms with Crippen LogP contribution in [-0.4, -0.2) is 20.6 Å². The lowest BCUT2D eigenvalue weighted by atomic mass is 10.1. The number of nitro groups is 1. The Morgan fingerprint density at radius 3 is 2.81 bits per heavy atom. The number of anilines is 1. The average Bonchev–Trinajstić information content (AvgIpc) is 3.13. The third-order valence-electron chi connectivity index (χ3n) is 3.65. The van der Waals surface area contributed by atoms with E-state index in [9.17, 15) is 14.9 Å². The van der Waals surface area contributed by atoms with E-state index in [0.717, 1.165) is 5.56 Å². The first-order chi connectivity index (χ1) is 12.6. The van der Waals surface area contributed by atoms with Crippen molar-refractivity contribution in [3.05, 3.63) is 94.3 Å². The van der Waals surface area contributed by atoms with E-state index in [1.807, 2.05) is 30.5 Å². The zero-order chi connectivity index (χ0) is 18.4. The van der Waals surface area contributed by atoms with Gasteiger partial charge in [-0.25, -0.2) is 0 Å². The summed E-state index contributed by atoms with van der Waals surface area (Å²) in [5.74, 6) is -0.362. The van der Waals surface area contributed by atoms with E-state index >= 15 is 0 Å². The minimum atomic E-state index is -0.476. The van der Waals surface area contributed by atoms with Crippen LogP contribution in [0.3, 0.4) is 0 Å². The van der Waals surface area contributed by atoms with Gasteiger partial charge in [-0.15, -0.1) is 0 Å². The number of benzene rings is 2. The van der Waals surface area contributed by atoms with Crippen LogP contribution in [0.25, 0.3) is 6.08 Å². The number of carbonyl (C=O) groups is 1. The van der Waals surface area contributed by atoms with Crippen LogP contribution in [0.4, 0.5) is 11.4 Å². The molecule has 0 atom stereocenters. The summed E-state index contributed by atoms with van der Waals surface area (Å²) in [7, 11) is 0. The van der Waals surface area contributed by atoms with Gasteiger partial charge in [0, 0.05) is 30.2 Å². The predicted molar refractivity (Wildman–Crippen MR) is 98.5 cm³/mol. The Hall–Kier alpha value is -3.74. The predicted octanol–water partition coefficient (Wildman–Crippen LogP) is 3.49. The summed E-state index contributed by atoms with van der Waals surface area (Å²) in [6, 6.07) is 15.5. The third kappa shape index (κ3) is 4.41. The number of para-hydroxylation sites is 1. The number of aromatic nitrogens is 2. The summed E-state index contributed by atoms with van der Waals surface area (Å²) in [6.07, 6.45) is 6.28. The van der Waals surface area contributed by atoms with Gasteiger partial charge in [-0.05, 0) is 35.9 Å².